The maximum absolute atomic E-state index is 11.2. The second kappa shape index (κ2) is 6.84. The van der Waals surface area contributed by atoms with Crippen molar-refractivity contribution in [2.45, 2.75) is 20.3 Å². The number of anilines is 2. The van der Waals surface area contributed by atoms with Gasteiger partial charge in [-0.25, -0.2) is 4.98 Å². The number of carboxylic acid groups (broad SMARTS) is 1. The van der Waals surface area contributed by atoms with Gasteiger partial charge < -0.3 is 10.4 Å². The van der Waals surface area contributed by atoms with E-state index in [1.54, 1.807) is 0 Å². The first-order valence-corrected chi connectivity index (χ1v) is 8.46. The van der Waals surface area contributed by atoms with Gasteiger partial charge >= 0.3 is 5.97 Å². The summed E-state index contributed by atoms with van der Waals surface area (Å²) in [6.45, 7) is 4.04. The molecule has 0 saturated heterocycles. The number of rotatable bonds is 5. The van der Waals surface area contributed by atoms with E-state index in [1.165, 1.54) is 11.3 Å². The Morgan fingerprint density at radius 1 is 1.17 bits per heavy atom. The average Bonchev–Trinajstić information content (AvgIpc) is 2.92. The topological polar surface area (TPSA) is 62.2 Å². The van der Waals surface area contributed by atoms with Gasteiger partial charge in [0.25, 0.3) is 0 Å². The van der Waals surface area contributed by atoms with Gasteiger partial charge in [0, 0.05) is 16.1 Å². The lowest BCUT2D eigenvalue weighted by molar-refractivity contribution is -0.136. The number of aliphatic carboxylic acids is 1. The maximum atomic E-state index is 11.2. The molecule has 0 aliphatic rings. The van der Waals surface area contributed by atoms with Gasteiger partial charge in [-0.1, -0.05) is 35.9 Å². The van der Waals surface area contributed by atoms with Crippen LogP contribution in [-0.2, 0) is 11.2 Å². The van der Waals surface area contributed by atoms with E-state index in [9.17, 15) is 9.90 Å². The monoisotopic (exact) mass is 338 g/mol. The lowest BCUT2D eigenvalue weighted by atomic mass is 10.0. The van der Waals surface area contributed by atoms with Gasteiger partial charge in [-0.05, 0) is 37.6 Å². The first-order chi connectivity index (χ1) is 11.5. The van der Waals surface area contributed by atoms with Gasteiger partial charge in [0.1, 0.15) is 0 Å². The van der Waals surface area contributed by atoms with Gasteiger partial charge in [-0.3, -0.25) is 4.79 Å². The van der Waals surface area contributed by atoms with Gasteiger partial charge in [0.2, 0.25) is 0 Å². The number of nitrogens with zero attached hydrogens (tertiary/aromatic N) is 1. The molecule has 5 heteroatoms. The predicted octanol–water partition coefficient (Wildman–Crippen LogP) is 4.80. The Balaban J connectivity index is 2.03. The van der Waals surface area contributed by atoms with E-state index in [-0.39, 0.29) is 6.42 Å². The molecule has 0 aliphatic heterocycles. The zero-order valence-electron chi connectivity index (χ0n) is 13.5. The average molecular weight is 338 g/mol. The van der Waals surface area contributed by atoms with Gasteiger partial charge in [0.05, 0.1) is 12.1 Å². The standard InChI is InChI=1S/C19H18N2O2S/c1-12-8-9-13(2)15(10-12)18-16(11-17(22)23)24-19(21-18)20-14-6-4-3-5-7-14/h3-10H,11H2,1-2H3,(H,20,21)(H,22,23). The molecule has 4 nitrogen and oxygen atoms in total. The fourth-order valence-corrected chi connectivity index (χ4v) is 3.50. The molecule has 0 unspecified atom stereocenters. The third-order valence-electron chi connectivity index (χ3n) is 3.68. The molecule has 2 N–H and O–H groups in total. The van der Waals surface area contributed by atoms with Crippen LogP contribution in [0.25, 0.3) is 11.3 Å². The summed E-state index contributed by atoms with van der Waals surface area (Å²) in [4.78, 5) is 16.7. The summed E-state index contributed by atoms with van der Waals surface area (Å²) in [6, 6.07) is 15.9. The minimum Gasteiger partial charge on any atom is -0.481 e. The van der Waals surface area contributed by atoms with E-state index in [2.05, 4.69) is 16.4 Å². The number of aromatic nitrogens is 1. The second-order valence-corrected chi connectivity index (χ2v) is 6.75. The Morgan fingerprint density at radius 3 is 2.62 bits per heavy atom. The number of hydrogen-bond acceptors (Lipinski definition) is 4. The fraction of sp³-hybridized carbons (Fsp3) is 0.158. The Kier molecular flexibility index (Phi) is 4.62. The van der Waals surface area contributed by atoms with Crippen molar-refractivity contribution >= 4 is 28.1 Å². The van der Waals surface area contributed by atoms with Gasteiger partial charge in [-0.15, -0.1) is 11.3 Å². The molecule has 0 bridgehead atoms. The quantitative estimate of drug-likeness (QED) is 0.701. The van der Waals surface area contributed by atoms with E-state index < -0.39 is 5.97 Å². The molecular formula is C19H18N2O2S. The highest BCUT2D eigenvalue weighted by molar-refractivity contribution is 7.16. The van der Waals surface area contributed by atoms with Gasteiger partial charge in [0.15, 0.2) is 5.13 Å². The number of nitrogens with one attached hydrogen (secondary N) is 1. The van der Waals surface area contributed by atoms with Crippen molar-refractivity contribution in [2.75, 3.05) is 5.32 Å². The summed E-state index contributed by atoms with van der Waals surface area (Å²) in [5.41, 5.74) is 4.89. The van der Waals surface area contributed by atoms with Crippen LogP contribution in [0.4, 0.5) is 10.8 Å². The van der Waals surface area contributed by atoms with Crippen LogP contribution in [0.15, 0.2) is 48.5 Å². The molecule has 3 aromatic rings. The maximum Gasteiger partial charge on any atom is 0.308 e. The van der Waals surface area contributed by atoms with E-state index in [4.69, 9.17) is 0 Å². The molecular weight excluding hydrogens is 320 g/mol. The fourth-order valence-electron chi connectivity index (χ4n) is 2.51. The number of carboxylic acids is 1. The molecule has 122 valence electrons. The first-order valence-electron chi connectivity index (χ1n) is 7.64. The lowest BCUT2D eigenvalue weighted by Crippen LogP contribution is -2.00. The van der Waals surface area contributed by atoms with Crippen LogP contribution < -0.4 is 5.32 Å². The normalized spacial score (nSPS) is 10.6. The van der Waals surface area contributed by atoms with Crippen molar-refractivity contribution in [3.8, 4) is 11.3 Å². The molecule has 0 radical (unpaired) electrons. The Bertz CT molecular complexity index is 872. The third kappa shape index (κ3) is 3.63. The summed E-state index contributed by atoms with van der Waals surface area (Å²) < 4.78 is 0. The Morgan fingerprint density at radius 2 is 1.92 bits per heavy atom. The van der Waals surface area contributed by atoms with E-state index in [0.29, 0.717) is 5.13 Å². The summed E-state index contributed by atoms with van der Waals surface area (Å²) in [6.07, 6.45) is -0.0309. The molecule has 0 saturated carbocycles. The minimum absolute atomic E-state index is 0.0309. The molecule has 0 spiro atoms. The van der Waals surface area contributed by atoms with Crippen LogP contribution in [-0.4, -0.2) is 16.1 Å². The molecule has 0 amide bonds. The number of hydrogen-bond donors (Lipinski definition) is 2. The summed E-state index contributed by atoms with van der Waals surface area (Å²) >= 11 is 1.39. The molecule has 0 atom stereocenters. The van der Waals surface area contributed by atoms with Crippen LogP contribution >= 0.6 is 11.3 Å². The third-order valence-corrected chi connectivity index (χ3v) is 4.65. The number of benzene rings is 2. The van der Waals surface area contributed by atoms with Crippen LogP contribution in [0.2, 0.25) is 0 Å². The van der Waals surface area contributed by atoms with Crippen LogP contribution in [0, 0.1) is 13.8 Å². The van der Waals surface area contributed by atoms with E-state index in [0.717, 1.165) is 32.9 Å². The molecule has 0 aliphatic carbocycles. The van der Waals surface area contributed by atoms with E-state index in [1.807, 2.05) is 56.3 Å². The molecule has 2 aromatic carbocycles. The predicted molar refractivity (Wildman–Crippen MR) is 98.1 cm³/mol. The molecule has 3 rings (SSSR count). The SMILES string of the molecule is Cc1ccc(C)c(-c2nc(Nc3ccccc3)sc2CC(=O)O)c1. The molecule has 1 heterocycles. The Labute approximate surface area is 144 Å². The highest BCUT2D eigenvalue weighted by Crippen LogP contribution is 2.35. The summed E-state index contributed by atoms with van der Waals surface area (Å²) in [5, 5.41) is 13.2. The highest BCUT2D eigenvalue weighted by atomic mass is 32.1. The highest BCUT2D eigenvalue weighted by Gasteiger charge is 2.17. The minimum atomic E-state index is -0.850. The van der Waals surface area contributed by atoms with Crippen molar-refractivity contribution in [3.63, 3.8) is 0 Å². The Hall–Kier alpha value is -2.66. The number of thiazole rings is 1. The first kappa shape index (κ1) is 16.2. The van der Waals surface area contributed by atoms with Crippen molar-refractivity contribution in [2.24, 2.45) is 0 Å². The summed E-state index contributed by atoms with van der Waals surface area (Å²) in [7, 11) is 0. The van der Waals surface area contributed by atoms with Crippen molar-refractivity contribution in [1.82, 2.24) is 4.98 Å². The van der Waals surface area contributed by atoms with Gasteiger partial charge in [-0.2, -0.15) is 0 Å². The smallest absolute Gasteiger partial charge is 0.308 e. The zero-order chi connectivity index (χ0) is 17.1. The van der Waals surface area contributed by atoms with Crippen molar-refractivity contribution in [3.05, 3.63) is 64.5 Å². The number of carbonyl (C=O) groups is 1. The van der Waals surface area contributed by atoms with Crippen LogP contribution in [0.5, 0.6) is 0 Å². The van der Waals surface area contributed by atoms with Crippen molar-refractivity contribution < 1.29 is 9.90 Å². The zero-order valence-corrected chi connectivity index (χ0v) is 14.4. The lowest BCUT2D eigenvalue weighted by Gasteiger charge is -2.06. The second-order valence-electron chi connectivity index (χ2n) is 5.67. The molecule has 24 heavy (non-hydrogen) atoms. The van der Waals surface area contributed by atoms with Crippen molar-refractivity contribution in [1.29, 1.82) is 0 Å². The largest absolute Gasteiger partial charge is 0.481 e. The number of para-hydroxylation sites is 1. The molecule has 1 aromatic heterocycles. The van der Waals surface area contributed by atoms with Crippen LogP contribution in [0.1, 0.15) is 16.0 Å². The number of aryl methyl sites for hydroxylation is 2. The van der Waals surface area contributed by atoms with Crippen LogP contribution in [0.3, 0.4) is 0 Å². The van der Waals surface area contributed by atoms with E-state index >= 15 is 0 Å². The summed E-state index contributed by atoms with van der Waals surface area (Å²) in [5.74, 6) is -0.850. The molecule has 0 fully saturated rings.